The van der Waals surface area contributed by atoms with E-state index in [1.54, 1.807) is 0 Å². The van der Waals surface area contributed by atoms with Crippen molar-refractivity contribution >= 4 is 0 Å². The molecule has 0 saturated carbocycles. The predicted octanol–water partition coefficient (Wildman–Crippen LogP) is 8.09. The molecule has 0 aromatic heterocycles. The fourth-order valence-corrected chi connectivity index (χ4v) is 4.51. The van der Waals surface area contributed by atoms with Gasteiger partial charge in [-0.1, -0.05) is 116 Å². The molecule has 0 aliphatic heterocycles. The Hall–Kier alpha value is -0.860. The molecule has 0 aliphatic rings. The molecule has 1 aromatic rings. The van der Waals surface area contributed by atoms with E-state index >= 15 is 0 Å². The van der Waals surface area contributed by atoms with Gasteiger partial charge in [-0.25, -0.2) is 0 Å². The van der Waals surface area contributed by atoms with Gasteiger partial charge in [-0.3, -0.25) is 0 Å². The van der Waals surface area contributed by atoms with Crippen molar-refractivity contribution in [3.8, 4) is 0 Å². The zero-order valence-corrected chi connectivity index (χ0v) is 22.0. The third-order valence-corrected chi connectivity index (χ3v) is 6.78. The standard InChI is InChI=1S/C30H56N2/c1-4-7-10-13-16-30(17-14-11-8-5-2)27-32-26-23-29-20-18-28(19-21-29)22-25-31-24-15-12-9-6-3/h18-21,30-32H,4-17,22-27H2,1-3H3. The smallest absolute Gasteiger partial charge is 0.000824 e. The Balaban J connectivity index is 2.19. The molecule has 0 fully saturated rings. The van der Waals surface area contributed by atoms with E-state index in [4.69, 9.17) is 0 Å². The third kappa shape index (κ3) is 16.7. The summed E-state index contributed by atoms with van der Waals surface area (Å²) in [6, 6.07) is 9.34. The van der Waals surface area contributed by atoms with Crippen LogP contribution in [0, 0.1) is 5.92 Å². The molecule has 1 rings (SSSR count). The molecule has 0 saturated heterocycles. The first kappa shape index (κ1) is 29.2. The maximum Gasteiger partial charge on any atom is -0.000824 e. The van der Waals surface area contributed by atoms with Crippen LogP contribution in [0.25, 0.3) is 0 Å². The largest absolute Gasteiger partial charge is 0.316 e. The Morgan fingerprint density at radius 3 is 1.50 bits per heavy atom. The maximum atomic E-state index is 3.78. The van der Waals surface area contributed by atoms with Crippen LogP contribution in [0.2, 0.25) is 0 Å². The minimum Gasteiger partial charge on any atom is -0.316 e. The number of nitrogens with one attached hydrogen (secondary N) is 2. The summed E-state index contributed by atoms with van der Waals surface area (Å²) in [5.41, 5.74) is 2.93. The number of hydrogen-bond acceptors (Lipinski definition) is 2. The minimum absolute atomic E-state index is 0.876. The second-order valence-corrected chi connectivity index (χ2v) is 9.90. The molecule has 0 radical (unpaired) electrons. The highest BCUT2D eigenvalue weighted by Crippen LogP contribution is 2.18. The van der Waals surface area contributed by atoms with Crippen molar-refractivity contribution in [2.24, 2.45) is 5.92 Å². The normalized spacial score (nSPS) is 11.5. The van der Waals surface area contributed by atoms with Gasteiger partial charge in [0.2, 0.25) is 0 Å². The van der Waals surface area contributed by atoms with Crippen LogP contribution < -0.4 is 10.6 Å². The van der Waals surface area contributed by atoms with Gasteiger partial charge in [0, 0.05) is 0 Å². The number of benzene rings is 1. The molecule has 0 spiro atoms. The average Bonchev–Trinajstić information content (AvgIpc) is 2.82. The Bertz CT molecular complexity index is 484. The molecule has 32 heavy (non-hydrogen) atoms. The van der Waals surface area contributed by atoms with Gasteiger partial charge in [-0.05, 0) is 75.3 Å². The molecule has 2 heteroatoms. The van der Waals surface area contributed by atoms with Crippen LogP contribution in [0.4, 0.5) is 0 Å². The second kappa shape index (κ2) is 22.0. The maximum absolute atomic E-state index is 3.78. The number of hydrogen-bond donors (Lipinski definition) is 2. The lowest BCUT2D eigenvalue weighted by atomic mass is 9.94. The predicted molar refractivity (Wildman–Crippen MR) is 145 cm³/mol. The Kier molecular flexibility index (Phi) is 20.0. The van der Waals surface area contributed by atoms with Crippen LogP contribution in [0.15, 0.2) is 24.3 Å². The van der Waals surface area contributed by atoms with E-state index in [0.29, 0.717) is 0 Å². The summed E-state index contributed by atoms with van der Waals surface area (Å²) in [5, 5.41) is 7.38. The van der Waals surface area contributed by atoms with E-state index in [2.05, 4.69) is 55.7 Å². The third-order valence-electron chi connectivity index (χ3n) is 6.78. The van der Waals surface area contributed by atoms with Gasteiger partial charge in [0.05, 0.1) is 0 Å². The molecule has 0 atom stereocenters. The fraction of sp³-hybridized carbons (Fsp3) is 0.800. The highest BCUT2D eigenvalue weighted by molar-refractivity contribution is 5.23. The highest BCUT2D eigenvalue weighted by Gasteiger charge is 2.08. The van der Waals surface area contributed by atoms with E-state index in [0.717, 1.165) is 31.8 Å². The average molecular weight is 445 g/mol. The Morgan fingerprint density at radius 1 is 0.531 bits per heavy atom. The summed E-state index contributed by atoms with van der Waals surface area (Å²) in [5.74, 6) is 0.876. The van der Waals surface area contributed by atoms with Gasteiger partial charge in [0.1, 0.15) is 0 Å². The van der Waals surface area contributed by atoms with Crippen LogP contribution in [0.1, 0.15) is 122 Å². The molecule has 0 aliphatic carbocycles. The van der Waals surface area contributed by atoms with Crippen molar-refractivity contribution in [3.05, 3.63) is 35.4 Å². The van der Waals surface area contributed by atoms with Crippen molar-refractivity contribution in [2.45, 2.75) is 124 Å². The molecular formula is C30H56N2. The van der Waals surface area contributed by atoms with Gasteiger partial charge in [-0.2, -0.15) is 0 Å². The second-order valence-electron chi connectivity index (χ2n) is 9.90. The van der Waals surface area contributed by atoms with Crippen LogP contribution in [-0.2, 0) is 12.8 Å². The number of rotatable bonds is 23. The highest BCUT2D eigenvalue weighted by atomic mass is 14.9. The van der Waals surface area contributed by atoms with E-state index in [1.807, 2.05) is 0 Å². The summed E-state index contributed by atoms with van der Waals surface area (Å²) in [6.45, 7) is 11.5. The molecule has 1 aromatic carbocycles. The van der Waals surface area contributed by atoms with Crippen LogP contribution >= 0.6 is 0 Å². The van der Waals surface area contributed by atoms with Crippen molar-refractivity contribution < 1.29 is 0 Å². The Labute approximate surface area is 201 Å². The first-order valence-corrected chi connectivity index (χ1v) is 14.3. The van der Waals surface area contributed by atoms with E-state index in [1.165, 1.54) is 114 Å². The molecular weight excluding hydrogens is 388 g/mol. The molecule has 2 nitrogen and oxygen atoms in total. The zero-order valence-electron chi connectivity index (χ0n) is 22.0. The summed E-state index contributed by atoms with van der Waals surface area (Å²) < 4.78 is 0. The molecule has 186 valence electrons. The van der Waals surface area contributed by atoms with E-state index < -0.39 is 0 Å². The molecule has 0 unspecified atom stereocenters. The molecule has 0 amide bonds. The van der Waals surface area contributed by atoms with Gasteiger partial charge >= 0.3 is 0 Å². The van der Waals surface area contributed by atoms with Gasteiger partial charge < -0.3 is 10.6 Å². The SMILES string of the molecule is CCCCCCNCCc1ccc(CCNCC(CCCCCC)CCCCCC)cc1. The molecule has 0 bridgehead atoms. The summed E-state index contributed by atoms with van der Waals surface area (Å²) in [6.07, 6.45) is 21.7. The van der Waals surface area contributed by atoms with Crippen LogP contribution in [0.3, 0.4) is 0 Å². The van der Waals surface area contributed by atoms with Crippen molar-refractivity contribution in [2.75, 3.05) is 26.2 Å². The zero-order chi connectivity index (χ0) is 23.1. The number of unbranched alkanes of at least 4 members (excludes halogenated alkanes) is 9. The van der Waals surface area contributed by atoms with E-state index in [-0.39, 0.29) is 0 Å². The molecule has 2 N–H and O–H groups in total. The van der Waals surface area contributed by atoms with Crippen LogP contribution in [0.5, 0.6) is 0 Å². The summed E-state index contributed by atoms with van der Waals surface area (Å²) >= 11 is 0. The Morgan fingerprint density at radius 2 is 1.00 bits per heavy atom. The minimum atomic E-state index is 0.876. The van der Waals surface area contributed by atoms with Gasteiger partial charge in [0.25, 0.3) is 0 Å². The quantitative estimate of drug-likeness (QED) is 0.167. The van der Waals surface area contributed by atoms with Crippen molar-refractivity contribution in [1.82, 2.24) is 10.6 Å². The lowest BCUT2D eigenvalue weighted by Crippen LogP contribution is -2.25. The summed E-state index contributed by atoms with van der Waals surface area (Å²) in [7, 11) is 0. The lowest BCUT2D eigenvalue weighted by molar-refractivity contribution is 0.385. The van der Waals surface area contributed by atoms with Gasteiger partial charge in [-0.15, -0.1) is 0 Å². The first-order chi connectivity index (χ1) is 15.8. The van der Waals surface area contributed by atoms with Crippen molar-refractivity contribution in [3.63, 3.8) is 0 Å². The topological polar surface area (TPSA) is 24.1 Å². The lowest BCUT2D eigenvalue weighted by Gasteiger charge is -2.18. The monoisotopic (exact) mass is 444 g/mol. The molecule has 0 heterocycles. The first-order valence-electron chi connectivity index (χ1n) is 14.3. The van der Waals surface area contributed by atoms with Gasteiger partial charge in [0.15, 0.2) is 0 Å². The van der Waals surface area contributed by atoms with E-state index in [9.17, 15) is 0 Å². The van der Waals surface area contributed by atoms with Crippen molar-refractivity contribution in [1.29, 1.82) is 0 Å². The van der Waals surface area contributed by atoms with Crippen LogP contribution in [-0.4, -0.2) is 26.2 Å². The fourth-order valence-electron chi connectivity index (χ4n) is 4.51. The summed E-state index contributed by atoms with van der Waals surface area (Å²) in [4.78, 5) is 0.